The maximum atomic E-state index is 12.8. The van der Waals surface area contributed by atoms with Crippen LogP contribution in [-0.2, 0) is 9.53 Å². The van der Waals surface area contributed by atoms with Crippen molar-refractivity contribution in [3.05, 3.63) is 35.6 Å². The minimum Gasteiger partial charge on any atom is -0.462 e. The molecule has 2 rings (SSSR count). The number of nitrogens with one attached hydrogen (secondary N) is 1. The van der Waals surface area contributed by atoms with Gasteiger partial charge in [-0.2, -0.15) is 0 Å². The summed E-state index contributed by atoms with van der Waals surface area (Å²) in [6, 6.07) is 6.91. The molecule has 1 aliphatic rings. The molecule has 1 aromatic carbocycles. The standard InChI is InChI=1S/C10H12FN.C5H10O2/c11-10-3-1-2-8(6-10)9-4-5-12-7-9;1-5(2,3)7-4-6/h1-3,6,9,12H,4-5,7H2;4H,1-3H3. The van der Waals surface area contributed by atoms with Gasteiger partial charge in [0.2, 0.25) is 0 Å². The summed E-state index contributed by atoms with van der Waals surface area (Å²) in [6.07, 6.45) is 1.13. The van der Waals surface area contributed by atoms with Crippen molar-refractivity contribution in [2.24, 2.45) is 0 Å². The first-order valence-electron chi connectivity index (χ1n) is 6.50. The third-order valence-corrected chi connectivity index (χ3v) is 2.78. The molecule has 0 radical (unpaired) electrons. The largest absolute Gasteiger partial charge is 0.462 e. The predicted molar refractivity (Wildman–Crippen MR) is 73.5 cm³/mol. The number of hydrogen-bond donors (Lipinski definition) is 1. The third-order valence-electron chi connectivity index (χ3n) is 2.78. The Kier molecular flexibility index (Phi) is 5.96. The molecule has 1 aliphatic heterocycles. The summed E-state index contributed by atoms with van der Waals surface area (Å²) in [4.78, 5) is 9.60. The zero-order valence-electron chi connectivity index (χ0n) is 11.8. The van der Waals surface area contributed by atoms with E-state index in [-0.39, 0.29) is 11.4 Å². The van der Waals surface area contributed by atoms with Gasteiger partial charge >= 0.3 is 0 Å². The van der Waals surface area contributed by atoms with Crippen LogP contribution >= 0.6 is 0 Å². The van der Waals surface area contributed by atoms with Crippen LogP contribution in [0.2, 0.25) is 0 Å². The van der Waals surface area contributed by atoms with E-state index in [4.69, 9.17) is 0 Å². The molecule has 1 aromatic rings. The van der Waals surface area contributed by atoms with Gasteiger partial charge in [0.1, 0.15) is 11.4 Å². The fourth-order valence-corrected chi connectivity index (χ4v) is 1.84. The summed E-state index contributed by atoms with van der Waals surface area (Å²) in [5.74, 6) is 0.389. The molecule has 19 heavy (non-hydrogen) atoms. The summed E-state index contributed by atoms with van der Waals surface area (Å²) in [7, 11) is 0. The summed E-state index contributed by atoms with van der Waals surface area (Å²) in [5.41, 5.74) is 0.807. The van der Waals surface area contributed by atoms with Gasteiger partial charge in [-0.25, -0.2) is 4.39 Å². The predicted octanol–water partition coefficient (Wildman–Crippen LogP) is 2.86. The Balaban J connectivity index is 0.000000224. The Hall–Kier alpha value is -1.42. The Morgan fingerprint density at radius 1 is 1.42 bits per heavy atom. The maximum absolute atomic E-state index is 12.8. The van der Waals surface area contributed by atoms with Gasteiger partial charge in [0, 0.05) is 6.54 Å². The summed E-state index contributed by atoms with van der Waals surface area (Å²) >= 11 is 0. The molecule has 1 unspecified atom stereocenters. The number of rotatable bonds is 2. The highest BCUT2D eigenvalue weighted by molar-refractivity contribution is 5.37. The van der Waals surface area contributed by atoms with Crippen LogP contribution < -0.4 is 5.32 Å². The van der Waals surface area contributed by atoms with Crippen molar-refractivity contribution in [1.82, 2.24) is 5.32 Å². The summed E-state index contributed by atoms with van der Waals surface area (Å²) in [6.45, 7) is 7.97. The van der Waals surface area contributed by atoms with Crippen LogP contribution in [0.4, 0.5) is 4.39 Å². The molecule has 3 nitrogen and oxygen atoms in total. The quantitative estimate of drug-likeness (QED) is 0.837. The second kappa shape index (κ2) is 7.24. The van der Waals surface area contributed by atoms with E-state index in [1.54, 1.807) is 12.1 Å². The molecule has 0 bridgehead atoms. The van der Waals surface area contributed by atoms with Crippen molar-refractivity contribution < 1.29 is 13.9 Å². The van der Waals surface area contributed by atoms with Crippen LogP contribution in [0.25, 0.3) is 0 Å². The lowest BCUT2D eigenvalue weighted by atomic mass is 9.99. The van der Waals surface area contributed by atoms with Gasteiger partial charge in [-0.1, -0.05) is 12.1 Å². The Labute approximate surface area is 114 Å². The third kappa shape index (κ3) is 6.34. The summed E-state index contributed by atoms with van der Waals surface area (Å²) < 4.78 is 17.3. The Morgan fingerprint density at radius 2 is 2.16 bits per heavy atom. The molecule has 4 heteroatoms. The fourth-order valence-electron chi connectivity index (χ4n) is 1.84. The lowest BCUT2D eigenvalue weighted by molar-refractivity contribution is -0.138. The normalized spacial score (nSPS) is 18.4. The molecule has 1 saturated heterocycles. The highest BCUT2D eigenvalue weighted by Crippen LogP contribution is 2.22. The molecule has 1 atom stereocenters. The topological polar surface area (TPSA) is 38.3 Å². The van der Waals surface area contributed by atoms with E-state index < -0.39 is 0 Å². The van der Waals surface area contributed by atoms with Gasteiger partial charge in [-0.15, -0.1) is 0 Å². The lowest BCUT2D eigenvalue weighted by Crippen LogP contribution is -2.17. The van der Waals surface area contributed by atoms with Gasteiger partial charge in [-0.05, 0) is 57.4 Å². The van der Waals surface area contributed by atoms with Crippen LogP contribution in [0.5, 0.6) is 0 Å². The van der Waals surface area contributed by atoms with Gasteiger partial charge in [0.05, 0.1) is 0 Å². The average molecular weight is 267 g/mol. The van der Waals surface area contributed by atoms with Crippen LogP contribution in [0.3, 0.4) is 0 Å². The minimum atomic E-state index is -0.318. The molecule has 0 amide bonds. The fraction of sp³-hybridized carbons (Fsp3) is 0.533. The zero-order chi connectivity index (χ0) is 14.3. The lowest BCUT2D eigenvalue weighted by Gasteiger charge is -2.14. The maximum Gasteiger partial charge on any atom is 0.293 e. The van der Waals surface area contributed by atoms with Crippen molar-refractivity contribution in [3.8, 4) is 0 Å². The van der Waals surface area contributed by atoms with E-state index >= 15 is 0 Å². The van der Waals surface area contributed by atoms with Crippen LogP contribution in [0.15, 0.2) is 24.3 Å². The van der Waals surface area contributed by atoms with Crippen molar-refractivity contribution in [2.45, 2.75) is 38.7 Å². The van der Waals surface area contributed by atoms with Crippen LogP contribution in [0, 0.1) is 5.82 Å². The minimum absolute atomic E-state index is 0.126. The molecule has 0 saturated carbocycles. The number of hydrogen-bond acceptors (Lipinski definition) is 3. The van der Waals surface area contributed by atoms with E-state index in [0.29, 0.717) is 12.4 Å². The highest BCUT2D eigenvalue weighted by Gasteiger charge is 2.16. The first-order valence-corrected chi connectivity index (χ1v) is 6.50. The Morgan fingerprint density at radius 3 is 2.58 bits per heavy atom. The molecule has 1 heterocycles. The zero-order valence-corrected chi connectivity index (χ0v) is 11.8. The SMILES string of the molecule is CC(C)(C)OC=O.Fc1cccc(C2CCNC2)c1. The van der Waals surface area contributed by atoms with Crippen molar-refractivity contribution in [1.29, 1.82) is 0 Å². The van der Waals surface area contributed by atoms with E-state index in [0.717, 1.165) is 25.1 Å². The number of ether oxygens (including phenoxy) is 1. The van der Waals surface area contributed by atoms with E-state index in [2.05, 4.69) is 10.1 Å². The van der Waals surface area contributed by atoms with Gasteiger partial charge in [0.15, 0.2) is 0 Å². The molecule has 1 fully saturated rings. The highest BCUT2D eigenvalue weighted by atomic mass is 19.1. The molecular weight excluding hydrogens is 245 g/mol. The van der Waals surface area contributed by atoms with Crippen LogP contribution in [-0.4, -0.2) is 25.2 Å². The monoisotopic (exact) mass is 267 g/mol. The van der Waals surface area contributed by atoms with Crippen molar-refractivity contribution in [2.75, 3.05) is 13.1 Å². The molecule has 106 valence electrons. The molecule has 1 N–H and O–H groups in total. The average Bonchev–Trinajstić information content (AvgIpc) is 2.81. The van der Waals surface area contributed by atoms with E-state index in [1.165, 1.54) is 6.07 Å². The van der Waals surface area contributed by atoms with Gasteiger partial charge in [0.25, 0.3) is 6.47 Å². The van der Waals surface area contributed by atoms with Crippen LogP contribution in [0.1, 0.15) is 38.7 Å². The van der Waals surface area contributed by atoms with E-state index in [9.17, 15) is 9.18 Å². The number of carbonyl (C=O) groups excluding carboxylic acids is 1. The number of benzene rings is 1. The number of carbonyl (C=O) groups is 1. The number of halogens is 1. The van der Waals surface area contributed by atoms with Crippen molar-refractivity contribution in [3.63, 3.8) is 0 Å². The second-order valence-corrected chi connectivity index (χ2v) is 5.57. The molecule has 0 aromatic heterocycles. The first kappa shape index (κ1) is 15.6. The van der Waals surface area contributed by atoms with E-state index in [1.807, 2.05) is 26.8 Å². The molecule has 0 aliphatic carbocycles. The first-order chi connectivity index (χ1) is 8.92. The molecule has 0 spiro atoms. The smallest absolute Gasteiger partial charge is 0.293 e. The van der Waals surface area contributed by atoms with Gasteiger partial charge in [-0.3, -0.25) is 4.79 Å². The summed E-state index contributed by atoms with van der Waals surface area (Å²) in [5, 5.41) is 3.27. The second-order valence-electron chi connectivity index (χ2n) is 5.57. The Bertz CT molecular complexity index is 395. The molecular formula is C15H22FNO2. The van der Waals surface area contributed by atoms with Crippen molar-refractivity contribution >= 4 is 6.47 Å². The van der Waals surface area contributed by atoms with Gasteiger partial charge < -0.3 is 10.1 Å².